The zero-order chi connectivity index (χ0) is 17.0. The Kier molecular flexibility index (Phi) is 7.21. The Hall–Kier alpha value is -1.19. The number of nitrogens with one attached hydrogen (secondary N) is 1. The van der Waals surface area contributed by atoms with E-state index < -0.39 is 10.0 Å². The van der Waals surface area contributed by atoms with Gasteiger partial charge in [0, 0.05) is 32.7 Å². The maximum atomic E-state index is 13.0. The highest BCUT2D eigenvalue weighted by Gasteiger charge is 2.31. The summed E-state index contributed by atoms with van der Waals surface area (Å²) in [6, 6.07) is 6.50. The zero-order valence-corrected chi connectivity index (χ0v) is 15.7. The number of amides is 1. The molecule has 3 rings (SSSR count). The molecule has 1 aromatic rings. The van der Waals surface area contributed by atoms with Gasteiger partial charge in [0.2, 0.25) is 10.0 Å². The van der Waals surface area contributed by atoms with Crippen LogP contribution in [0.1, 0.15) is 16.8 Å². The number of morpholine rings is 1. The van der Waals surface area contributed by atoms with E-state index in [1.807, 2.05) is 0 Å². The zero-order valence-electron chi connectivity index (χ0n) is 14.0. The van der Waals surface area contributed by atoms with Crippen molar-refractivity contribution in [2.45, 2.75) is 11.3 Å². The molecule has 0 bridgehead atoms. The number of sulfonamides is 1. The van der Waals surface area contributed by atoms with Gasteiger partial charge in [-0.3, -0.25) is 4.79 Å². The van der Waals surface area contributed by atoms with Crippen molar-refractivity contribution in [3.63, 3.8) is 0 Å². The number of ether oxygens (including phenoxy) is 1. The van der Waals surface area contributed by atoms with Crippen LogP contribution >= 0.6 is 12.4 Å². The van der Waals surface area contributed by atoms with Crippen molar-refractivity contribution in [2.24, 2.45) is 0 Å². The van der Waals surface area contributed by atoms with Crippen LogP contribution in [0.15, 0.2) is 29.2 Å². The average Bonchev–Trinajstić information content (AvgIpc) is 2.91. The molecule has 25 heavy (non-hydrogen) atoms. The highest BCUT2D eigenvalue weighted by atomic mass is 35.5. The summed E-state index contributed by atoms with van der Waals surface area (Å²) in [5.41, 5.74) is 0.255. The molecule has 1 amide bonds. The van der Waals surface area contributed by atoms with E-state index in [0.717, 1.165) is 19.5 Å². The normalized spacial score (nSPS) is 19.8. The standard InChI is InChI=1S/C16H23N3O4S.ClH/c20-16(18-8-3-6-17-7-9-18)14-4-1-2-5-15(14)24(21,22)19-10-12-23-13-11-19;/h1-2,4-5,17H,3,6-13H2;1H. The lowest BCUT2D eigenvalue weighted by Crippen LogP contribution is -2.42. The SMILES string of the molecule is Cl.O=C(c1ccccc1S(=O)(=O)N1CCOCC1)N1CCCNCC1. The second-order valence-corrected chi connectivity index (χ2v) is 7.81. The molecule has 2 aliphatic rings. The number of hydrogen-bond donors (Lipinski definition) is 1. The van der Waals surface area contributed by atoms with E-state index in [2.05, 4.69) is 5.32 Å². The van der Waals surface area contributed by atoms with Crippen LogP contribution < -0.4 is 5.32 Å². The predicted molar refractivity (Wildman–Crippen MR) is 96.7 cm³/mol. The summed E-state index contributed by atoms with van der Waals surface area (Å²) in [6.45, 7) is 4.22. The van der Waals surface area contributed by atoms with Crippen molar-refractivity contribution in [1.82, 2.24) is 14.5 Å². The Balaban J connectivity index is 0.00000225. The Labute approximate surface area is 154 Å². The lowest BCUT2D eigenvalue weighted by molar-refractivity contribution is 0.0726. The third kappa shape index (κ3) is 4.51. The highest BCUT2D eigenvalue weighted by Crippen LogP contribution is 2.22. The minimum atomic E-state index is -3.70. The number of nitrogens with zero attached hydrogens (tertiary/aromatic N) is 2. The third-order valence-corrected chi connectivity index (χ3v) is 6.29. The van der Waals surface area contributed by atoms with Gasteiger partial charge < -0.3 is 15.0 Å². The summed E-state index contributed by atoms with van der Waals surface area (Å²) in [7, 11) is -3.70. The first-order valence-electron chi connectivity index (χ1n) is 8.27. The molecule has 0 radical (unpaired) electrons. The lowest BCUT2D eigenvalue weighted by Gasteiger charge is -2.27. The molecule has 0 unspecified atom stereocenters. The molecule has 1 aromatic carbocycles. The quantitative estimate of drug-likeness (QED) is 0.817. The van der Waals surface area contributed by atoms with Gasteiger partial charge in [-0.1, -0.05) is 12.1 Å². The van der Waals surface area contributed by atoms with Crippen LogP contribution in [0.4, 0.5) is 0 Å². The van der Waals surface area contributed by atoms with E-state index in [9.17, 15) is 13.2 Å². The smallest absolute Gasteiger partial charge is 0.255 e. The molecule has 7 nitrogen and oxygen atoms in total. The molecule has 2 fully saturated rings. The molecule has 0 aliphatic carbocycles. The monoisotopic (exact) mass is 389 g/mol. The molecule has 2 aliphatic heterocycles. The number of rotatable bonds is 3. The van der Waals surface area contributed by atoms with Crippen LogP contribution in [0, 0.1) is 0 Å². The molecule has 0 aromatic heterocycles. The Bertz CT molecular complexity index is 684. The lowest BCUT2D eigenvalue weighted by atomic mass is 10.2. The van der Waals surface area contributed by atoms with Gasteiger partial charge in [-0.2, -0.15) is 4.31 Å². The first kappa shape index (κ1) is 20.1. The molecule has 2 heterocycles. The number of carbonyl (C=O) groups excluding carboxylic acids is 1. The van der Waals surface area contributed by atoms with Crippen LogP contribution in [-0.4, -0.2) is 76.0 Å². The molecule has 0 spiro atoms. The van der Waals surface area contributed by atoms with Gasteiger partial charge >= 0.3 is 0 Å². The molecular weight excluding hydrogens is 366 g/mol. The van der Waals surface area contributed by atoms with Gasteiger partial charge in [-0.05, 0) is 25.1 Å². The van der Waals surface area contributed by atoms with Crippen LogP contribution in [0.3, 0.4) is 0 Å². The summed E-state index contributed by atoms with van der Waals surface area (Å²) in [5.74, 6) is -0.217. The Morgan fingerprint density at radius 2 is 1.76 bits per heavy atom. The molecule has 0 atom stereocenters. The van der Waals surface area contributed by atoms with E-state index in [1.54, 1.807) is 23.1 Å². The first-order chi connectivity index (χ1) is 11.6. The third-order valence-electron chi connectivity index (χ3n) is 4.33. The number of carbonyl (C=O) groups is 1. The maximum Gasteiger partial charge on any atom is 0.255 e. The van der Waals surface area contributed by atoms with Crippen molar-refractivity contribution < 1.29 is 17.9 Å². The summed E-state index contributed by atoms with van der Waals surface area (Å²) >= 11 is 0. The molecule has 2 saturated heterocycles. The van der Waals surface area contributed by atoms with Gasteiger partial charge in [-0.25, -0.2) is 8.42 Å². The maximum absolute atomic E-state index is 13.0. The van der Waals surface area contributed by atoms with E-state index in [0.29, 0.717) is 39.4 Å². The number of benzene rings is 1. The van der Waals surface area contributed by atoms with E-state index in [-0.39, 0.29) is 28.8 Å². The number of hydrogen-bond acceptors (Lipinski definition) is 5. The fourth-order valence-corrected chi connectivity index (χ4v) is 4.61. The predicted octanol–water partition coefficient (Wildman–Crippen LogP) is 0.565. The van der Waals surface area contributed by atoms with E-state index in [1.165, 1.54) is 10.4 Å². The second-order valence-electron chi connectivity index (χ2n) is 5.91. The van der Waals surface area contributed by atoms with Crippen molar-refractivity contribution in [1.29, 1.82) is 0 Å². The summed E-state index contributed by atoms with van der Waals surface area (Å²) in [6.07, 6.45) is 0.865. The molecule has 0 saturated carbocycles. The largest absolute Gasteiger partial charge is 0.379 e. The fourth-order valence-electron chi connectivity index (χ4n) is 3.01. The van der Waals surface area contributed by atoms with Gasteiger partial charge in [0.05, 0.1) is 23.7 Å². The Morgan fingerprint density at radius 1 is 1.04 bits per heavy atom. The molecule has 140 valence electrons. The minimum Gasteiger partial charge on any atom is -0.379 e. The fraction of sp³-hybridized carbons (Fsp3) is 0.562. The highest BCUT2D eigenvalue weighted by molar-refractivity contribution is 7.89. The average molecular weight is 390 g/mol. The van der Waals surface area contributed by atoms with Crippen molar-refractivity contribution in [3.05, 3.63) is 29.8 Å². The molecule has 9 heteroatoms. The van der Waals surface area contributed by atoms with Crippen LogP contribution in [-0.2, 0) is 14.8 Å². The minimum absolute atomic E-state index is 0. The molecular formula is C16H24ClN3O4S. The van der Waals surface area contributed by atoms with Gasteiger partial charge in [0.25, 0.3) is 5.91 Å². The van der Waals surface area contributed by atoms with Crippen LogP contribution in [0.5, 0.6) is 0 Å². The summed E-state index contributed by atoms with van der Waals surface area (Å²) in [5, 5.41) is 3.25. The van der Waals surface area contributed by atoms with Gasteiger partial charge in [0.15, 0.2) is 0 Å². The summed E-state index contributed by atoms with van der Waals surface area (Å²) in [4.78, 5) is 14.7. The topological polar surface area (TPSA) is 79.0 Å². The van der Waals surface area contributed by atoms with Crippen molar-refractivity contribution >= 4 is 28.3 Å². The van der Waals surface area contributed by atoms with Crippen molar-refractivity contribution in [3.8, 4) is 0 Å². The second kappa shape index (κ2) is 8.95. The number of halogens is 1. The first-order valence-corrected chi connectivity index (χ1v) is 9.71. The van der Waals surface area contributed by atoms with E-state index in [4.69, 9.17) is 4.74 Å². The van der Waals surface area contributed by atoms with E-state index >= 15 is 0 Å². The van der Waals surface area contributed by atoms with Gasteiger partial charge in [0.1, 0.15) is 0 Å². The van der Waals surface area contributed by atoms with Crippen LogP contribution in [0.2, 0.25) is 0 Å². The van der Waals surface area contributed by atoms with Gasteiger partial charge in [-0.15, -0.1) is 12.4 Å². The molecule has 1 N–H and O–H groups in total. The van der Waals surface area contributed by atoms with Crippen molar-refractivity contribution in [2.75, 3.05) is 52.5 Å². The van der Waals surface area contributed by atoms with Crippen LogP contribution in [0.25, 0.3) is 0 Å². The summed E-state index contributed by atoms with van der Waals surface area (Å²) < 4.78 is 32.5. The Morgan fingerprint density at radius 3 is 2.52 bits per heavy atom.